The van der Waals surface area contributed by atoms with Gasteiger partial charge >= 0.3 is 0 Å². The monoisotopic (exact) mass is 219 g/mol. The van der Waals surface area contributed by atoms with Crippen LogP contribution >= 0.6 is 0 Å². The third-order valence-corrected chi connectivity index (χ3v) is 2.82. The predicted molar refractivity (Wildman–Crippen MR) is 60.2 cm³/mol. The molecule has 1 fully saturated rings. The zero-order valence-electron chi connectivity index (χ0n) is 9.06. The second-order valence-electron chi connectivity index (χ2n) is 3.99. The molecule has 0 amide bonds. The highest BCUT2D eigenvalue weighted by Crippen LogP contribution is 2.34. The van der Waals surface area contributed by atoms with Gasteiger partial charge in [0.2, 0.25) is 0 Å². The van der Waals surface area contributed by atoms with Crippen molar-refractivity contribution in [2.45, 2.75) is 6.29 Å². The minimum atomic E-state index is -0.174. The number of piperazine rings is 1. The first-order chi connectivity index (χ1) is 7.92. The van der Waals surface area contributed by atoms with Crippen LogP contribution in [0.1, 0.15) is 0 Å². The summed E-state index contributed by atoms with van der Waals surface area (Å²) in [5, 5.41) is 3.28. The van der Waals surface area contributed by atoms with Gasteiger partial charge in [0.1, 0.15) is 0 Å². The SMILES string of the molecule is [CH]1CNCCN1CC1Oc2ccccc2O1. The van der Waals surface area contributed by atoms with Crippen LogP contribution in [0.2, 0.25) is 0 Å². The molecule has 1 radical (unpaired) electrons. The van der Waals surface area contributed by atoms with Crippen molar-refractivity contribution in [1.29, 1.82) is 0 Å². The smallest absolute Gasteiger partial charge is 0.254 e. The van der Waals surface area contributed by atoms with Gasteiger partial charge in [-0.3, -0.25) is 4.90 Å². The Bertz CT molecular complexity index is 339. The van der Waals surface area contributed by atoms with E-state index in [-0.39, 0.29) is 6.29 Å². The van der Waals surface area contributed by atoms with E-state index in [0.717, 1.165) is 37.7 Å². The minimum absolute atomic E-state index is 0.174. The van der Waals surface area contributed by atoms with Gasteiger partial charge in [0.25, 0.3) is 6.29 Å². The maximum absolute atomic E-state index is 5.71. The number of para-hydroxylation sites is 2. The van der Waals surface area contributed by atoms with Gasteiger partial charge in [-0.15, -0.1) is 0 Å². The zero-order chi connectivity index (χ0) is 10.8. The molecule has 4 nitrogen and oxygen atoms in total. The number of hydrogen-bond donors (Lipinski definition) is 1. The van der Waals surface area contributed by atoms with Crippen molar-refractivity contribution in [3.63, 3.8) is 0 Å². The van der Waals surface area contributed by atoms with Crippen LogP contribution in [0.15, 0.2) is 24.3 Å². The summed E-state index contributed by atoms with van der Waals surface area (Å²) in [7, 11) is 0. The fraction of sp³-hybridized carbons (Fsp3) is 0.417. The maximum atomic E-state index is 5.71. The van der Waals surface area contributed by atoms with Crippen molar-refractivity contribution in [2.24, 2.45) is 0 Å². The van der Waals surface area contributed by atoms with Gasteiger partial charge in [0.05, 0.1) is 6.54 Å². The molecule has 3 rings (SSSR count). The molecular weight excluding hydrogens is 204 g/mol. The molecule has 0 atom stereocenters. The molecule has 4 heteroatoms. The van der Waals surface area contributed by atoms with Crippen molar-refractivity contribution in [2.75, 3.05) is 26.2 Å². The molecule has 2 aliphatic heterocycles. The number of hydrogen-bond acceptors (Lipinski definition) is 4. The van der Waals surface area contributed by atoms with Gasteiger partial charge in [0.15, 0.2) is 11.5 Å². The Kier molecular flexibility index (Phi) is 2.68. The van der Waals surface area contributed by atoms with Gasteiger partial charge in [-0.05, 0) is 12.1 Å². The number of rotatable bonds is 2. The average Bonchev–Trinajstić information content (AvgIpc) is 2.72. The van der Waals surface area contributed by atoms with Crippen molar-refractivity contribution in [3.8, 4) is 11.5 Å². The molecule has 16 heavy (non-hydrogen) atoms. The van der Waals surface area contributed by atoms with Crippen molar-refractivity contribution in [3.05, 3.63) is 30.8 Å². The van der Waals surface area contributed by atoms with Crippen LogP contribution in [0, 0.1) is 6.54 Å². The van der Waals surface area contributed by atoms with Gasteiger partial charge in [-0.1, -0.05) is 12.1 Å². The van der Waals surface area contributed by atoms with Crippen molar-refractivity contribution < 1.29 is 9.47 Å². The Hall–Kier alpha value is -1.26. The molecule has 2 heterocycles. The summed E-state index contributed by atoms with van der Waals surface area (Å²) in [4.78, 5) is 2.24. The molecule has 0 bridgehead atoms. The number of ether oxygens (including phenoxy) is 2. The van der Waals surface area contributed by atoms with Gasteiger partial charge < -0.3 is 14.8 Å². The summed E-state index contributed by atoms with van der Waals surface area (Å²) >= 11 is 0. The largest absolute Gasteiger partial charge is 0.450 e. The molecule has 1 N–H and O–H groups in total. The number of nitrogens with one attached hydrogen (secondary N) is 1. The molecule has 0 aromatic heterocycles. The number of nitrogens with zero attached hydrogens (tertiary/aromatic N) is 1. The summed E-state index contributed by atoms with van der Waals surface area (Å²) in [6.07, 6.45) is -0.174. The van der Waals surface area contributed by atoms with Gasteiger partial charge in [-0.2, -0.15) is 0 Å². The van der Waals surface area contributed by atoms with Crippen LogP contribution in [-0.4, -0.2) is 37.4 Å². The normalized spacial score (nSPS) is 21.2. The highest BCUT2D eigenvalue weighted by atomic mass is 16.7. The second-order valence-corrected chi connectivity index (χ2v) is 3.99. The van der Waals surface area contributed by atoms with Gasteiger partial charge in [0, 0.05) is 26.2 Å². The fourth-order valence-corrected chi connectivity index (χ4v) is 1.99. The predicted octanol–water partition coefficient (Wildman–Crippen LogP) is 0.851. The van der Waals surface area contributed by atoms with Crippen LogP contribution in [0.5, 0.6) is 11.5 Å². The topological polar surface area (TPSA) is 33.7 Å². The van der Waals surface area contributed by atoms with E-state index in [1.807, 2.05) is 24.3 Å². The highest BCUT2D eigenvalue weighted by Gasteiger charge is 2.26. The summed E-state index contributed by atoms with van der Waals surface area (Å²) in [5.74, 6) is 1.70. The third-order valence-electron chi connectivity index (χ3n) is 2.82. The maximum Gasteiger partial charge on any atom is 0.254 e. The lowest BCUT2D eigenvalue weighted by Gasteiger charge is -2.27. The van der Waals surface area contributed by atoms with E-state index in [9.17, 15) is 0 Å². The van der Waals surface area contributed by atoms with Crippen LogP contribution in [0.25, 0.3) is 0 Å². The molecule has 85 valence electrons. The van der Waals surface area contributed by atoms with E-state index < -0.39 is 0 Å². The molecule has 2 aliphatic rings. The molecule has 0 unspecified atom stereocenters. The molecule has 0 saturated carbocycles. The van der Waals surface area contributed by atoms with Crippen molar-refractivity contribution in [1.82, 2.24) is 10.2 Å². The fourth-order valence-electron chi connectivity index (χ4n) is 1.99. The average molecular weight is 219 g/mol. The Morgan fingerprint density at radius 3 is 2.62 bits per heavy atom. The second kappa shape index (κ2) is 4.31. The van der Waals surface area contributed by atoms with E-state index in [4.69, 9.17) is 9.47 Å². The van der Waals surface area contributed by atoms with Crippen LogP contribution in [0.4, 0.5) is 0 Å². The standard InChI is InChI=1S/C12H15N2O2/c1-2-4-11-10(3-1)15-12(16-11)9-14-7-5-13-6-8-14/h1-4,7,12-13H,5-6,8-9H2. The Balaban J connectivity index is 1.59. The minimum Gasteiger partial charge on any atom is -0.450 e. The number of fused-ring (bicyclic) bond motifs is 1. The first-order valence-corrected chi connectivity index (χ1v) is 5.62. The van der Waals surface area contributed by atoms with Crippen LogP contribution in [-0.2, 0) is 0 Å². The summed E-state index contributed by atoms with van der Waals surface area (Å²) in [6, 6.07) is 7.80. The van der Waals surface area contributed by atoms with E-state index >= 15 is 0 Å². The van der Waals surface area contributed by atoms with E-state index in [0.29, 0.717) is 0 Å². The Labute approximate surface area is 95.1 Å². The molecule has 1 aromatic carbocycles. The Morgan fingerprint density at radius 2 is 2.00 bits per heavy atom. The molecule has 1 saturated heterocycles. The lowest BCUT2D eigenvalue weighted by molar-refractivity contribution is 0.0197. The van der Waals surface area contributed by atoms with E-state index in [2.05, 4.69) is 16.8 Å². The summed E-state index contributed by atoms with van der Waals surface area (Å²) in [6.45, 7) is 5.91. The van der Waals surface area contributed by atoms with E-state index in [1.165, 1.54) is 0 Å². The first kappa shape index (κ1) is 9.93. The Morgan fingerprint density at radius 1 is 1.25 bits per heavy atom. The third kappa shape index (κ3) is 1.99. The quantitative estimate of drug-likeness (QED) is 0.799. The lowest BCUT2D eigenvalue weighted by atomic mass is 10.3. The summed E-state index contributed by atoms with van der Waals surface area (Å²) < 4.78 is 11.4. The molecule has 0 aliphatic carbocycles. The van der Waals surface area contributed by atoms with Gasteiger partial charge in [-0.25, -0.2) is 0 Å². The lowest BCUT2D eigenvalue weighted by Crippen LogP contribution is -2.44. The number of benzene rings is 1. The first-order valence-electron chi connectivity index (χ1n) is 5.62. The zero-order valence-corrected chi connectivity index (χ0v) is 9.06. The highest BCUT2D eigenvalue weighted by molar-refractivity contribution is 5.41. The van der Waals surface area contributed by atoms with Crippen LogP contribution in [0.3, 0.4) is 0 Å². The van der Waals surface area contributed by atoms with Crippen LogP contribution < -0.4 is 14.8 Å². The van der Waals surface area contributed by atoms with E-state index in [1.54, 1.807) is 0 Å². The van der Waals surface area contributed by atoms with Crippen molar-refractivity contribution >= 4 is 0 Å². The summed E-state index contributed by atoms with van der Waals surface area (Å²) in [5.41, 5.74) is 0. The molecular formula is C12H15N2O2. The molecule has 1 aromatic rings. The molecule has 0 spiro atoms.